The molecule has 1 aromatic heterocycles. The molecule has 0 radical (unpaired) electrons. The van der Waals surface area contributed by atoms with Crippen molar-refractivity contribution in [2.24, 2.45) is 0 Å². The van der Waals surface area contributed by atoms with Crippen molar-refractivity contribution in [1.29, 1.82) is 0 Å². The fraction of sp³-hybridized carbons (Fsp3) is 0.714. The van der Waals surface area contributed by atoms with E-state index in [1.807, 2.05) is 6.92 Å². The van der Waals surface area contributed by atoms with Gasteiger partial charge in [-0.2, -0.15) is 0 Å². The van der Waals surface area contributed by atoms with Crippen LogP contribution >= 0.6 is 0 Å². The highest BCUT2D eigenvalue weighted by molar-refractivity contribution is 5.58. The molecule has 0 aliphatic rings. The molecule has 0 saturated carbocycles. The van der Waals surface area contributed by atoms with Gasteiger partial charge in [-0.25, -0.2) is 9.97 Å². The van der Waals surface area contributed by atoms with Gasteiger partial charge in [-0.15, -0.1) is 0 Å². The molecule has 4 heteroatoms. The zero-order chi connectivity index (χ0) is 13.5. The van der Waals surface area contributed by atoms with E-state index in [0.717, 1.165) is 55.5 Å². The number of aromatic nitrogens is 2. The molecule has 1 N–H and O–H groups in total. The first kappa shape index (κ1) is 14.7. The number of hydrogen-bond donors (Lipinski definition) is 1. The van der Waals surface area contributed by atoms with E-state index >= 15 is 0 Å². The zero-order valence-corrected chi connectivity index (χ0v) is 12.4. The maximum Gasteiger partial charge on any atom is 0.137 e. The summed E-state index contributed by atoms with van der Waals surface area (Å²) in [6, 6.07) is 0. The smallest absolute Gasteiger partial charge is 0.137 e. The van der Waals surface area contributed by atoms with Crippen LogP contribution in [0.4, 0.5) is 11.6 Å². The molecule has 18 heavy (non-hydrogen) atoms. The summed E-state index contributed by atoms with van der Waals surface area (Å²) in [6.45, 7) is 13.6. The van der Waals surface area contributed by atoms with Gasteiger partial charge in [0.2, 0.25) is 0 Å². The van der Waals surface area contributed by atoms with Crippen molar-refractivity contribution >= 4 is 11.6 Å². The van der Waals surface area contributed by atoms with E-state index in [1.54, 1.807) is 0 Å². The molecule has 0 unspecified atom stereocenters. The maximum absolute atomic E-state index is 4.61. The summed E-state index contributed by atoms with van der Waals surface area (Å²) in [6.07, 6.45) is 2.23. The zero-order valence-electron chi connectivity index (χ0n) is 12.4. The van der Waals surface area contributed by atoms with Gasteiger partial charge >= 0.3 is 0 Å². The van der Waals surface area contributed by atoms with Gasteiger partial charge in [-0.1, -0.05) is 13.8 Å². The van der Waals surface area contributed by atoms with Gasteiger partial charge in [-0.3, -0.25) is 0 Å². The highest BCUT2D eigenvalue weighted by atomic mass is 15.2. The van der Waals surface area contributed by atoms with E-state index in [-0.39, 0.29) is 0 Å². The van der Waals surface area contributed by atoms with Crippen LogP contribution in [0.25, 0.3) is 0 Å². The molecular weight excluding hydrogens is 224 g/mol. The molecule has 0 aliphatic heterocycles. The molecule has 1 aromatic rings. The second-order valence-corrected chi connectivity index (χ2v) is 4.57. The summed E-state index contributed by atoms with van der Waals surface area (Å²) in [7, 11) is 0. The molecule has 1 rings (SSSR count). The van der Waals surface area contributed by atoms with Crippen molar-refractivity contribution in [2.75, 3.05) is 29.9 Å². The Kier molecular flexibility index (Phi) is 5.89. The quantitative estimate of drug-likeness (QED) is 0.807. The molecule has 102 valence electrons. The summed E-state index contributed by atoms with van der Waals surface area (Å²) >= 11 is 0. The first-order chi connectivity index (χ1) is 8.63. The first-order valence-corrected chi connectivity index (χ1v) is 6.98. The van der Waals surface area contributed by atoms with Crippen LogP contribution in [0, 0.1) is 13.8 Å². The fourth-order valence-corrected chi connectivity index (χ4v) is 2.02. The van der Waals surface area contributed by atoms with Crippen molar-refractivity contribution in [1.82, 2.24) is 9.97 Å². The van der Waals surface area contributed by atoms with Crippen molar-refractivity contribution in [3.8, 4) is 0 Å². The van der Waals surface area contributed by atoms with Crippen molar-refractivity contribution < 1.29 is 0 Å². The Bertz CT molecular complexity index is 376. The Hall–Kier alpha value is -1.32. The molecule has 0 spiro atoms. The lowest BCUT2D eigenvalue weighted by atomic mass is 10.2. The van der Waals surface area contributed by atoms with Crippen LogP contribution < -0.4 is 10.2 Å². The normalized spacial score (nSPS) is 10.5. The minimum atomic E-state index is 0.837. The first-order valence-electron chi connectivity index (χ1n) is 6.98. The van der Waals surface area contributed by atoms with Crippen LogP contribution in [0.15, 0.2) is 0 Å². The van der Waals surface area contributed by atoms with Crippen molar-refractivity contribution in [2.45, 2.75) is 47.5 Å². The van der Waals surface area contributed by atoms with Gasteiger partial charge in [0.1, 0.15) is 17.5 Å². The molecular formula is C14H26N4. The lowest BCUT2D eigenvalue weighted by molar-refractivity contribution is 0.768. The lowest BCUT2D eigenvalue weighted by Crippen LogP contribution is -2.26. The highest BCUT2D eigenvalue weighted by Gasteiger charge is 2.13. The van der Waals surface area contributed by atoms with E-state index < -0.39 is 0 Å². The number of nitrogens with one attached hydrogen (secondary N) is 1. The molecule has 0 amide bonds. The number of aryl methyl sites for hydroxylation is 1. The molecule has 0 bridgehead atoms. The Labute approximate surface area is 111 Å². The number of anilines is 2. The largest absolute Gasteiger partial charge is 0.370 e. The van der Waals surface area contributed by atoms with Crippen LogP contribution in [0.1, 0.15) is 45.0 Å². The van der Waals surface area contributed by atoms with E-state index in [1.165, 1.54) is 0 Å². The monoisotopic (exact) mass is 250 g/mol. The molecule has 0 saturated heterocycles. The summed E-state index contributed by atoms with van der Waals surface area (Å²) in [5, 5.41) is 3.39. The van der Waals surface area contributed by atoms with Crippen molar-refractivity contribution in [3.63, 3.8) is 0 Å². The average molecular weight is 250 g/mol. The minimum Gasteiger partial charge on any atom is -0.370 e. The Balaban J connectivity index is 3.06. The third-order valence-electron chi connectivity index (χ3n) is 2.95. The predicted octanol–water partition coefficient (Wildman–Crippen LogP) is 3.15. The topological polar surface area (TPSA) is 41.1 Å². The summed E-state index contributed by atoms with van der Waals surface area (Å²) < 4.78 is 0. The van der Waals surface area contributed by atoms with Crippen LogP contribution in [-0.4, -0.2) is 29.6 Å². The van der Waals surface area contributed by atoms with Crippen LogP contribution in [-0.2, 0) is 0 Å². The standard InChI is InChI=1S/C14H26N4/c1-6-9-15-13-11(4)14(17-12(5)16-13)18(8-3)10-7-2/h6-10H2,1-5H3,(H,15,16,17). The Morgan fingerprint density at radius 3 is 2.33 bits per heavy atom. The van der Waals surface area contributed by atoms with Crippen molar-refractivity contribution in [3.05, 3.63) is 11.4 Å². The van der Waals surface area contributed by atoms with Crippen LogP contribution in [0.3, 0.4) is 0 Å². The third-order valence-corrected chi connectivity index (χ3v) is 2.95. The molecule has 0 atom stereocenters. The molecule has 4 nitrogen and oxygen atoms in total. The van der Waals surface area contributed by atoms with Gasteiger partial charge < -0.3 is 10.2 Å². The van der Waals surface area contributed by atoms with Gasteiger partial charge in [0.15, 0.2) is 0 Å². The molecule has 0 fully saturated rings. The van der Waals surface area contributed by atoms with Gasteiger partial charge in [0, 0.05) is 25.2 Å². The summed E-state index contributed by atoms with van der Waals surface area (Å²) in [5.74, 6) is 2.89. The maximum atomic E-state index is 4.61. The molecule has 0 aromatic carbocycles. The molecule has 0 aliphatic carbocycles. The van der Waals surface area contributed by atoms with Gasteiger partial charge in [0.25, 0.3) is 0 Å². The van der Waals surface area contributed by atoms with E-state index in [0.29, 0.717) is 0 Å². The van der Waals surface area contributed by atoms with E-state index in [4.69, 9.17) is 0 Å². The Morgan fingerprint density at radius 2 is 1.78 bits per heavy atom. The number of hydrogen-bond acceptors (Lipinski definition) is 4. The summed E-state index contributed by atoms with van der Waals surface area (Å²) in [5.41, 5.74) is 1.16. The third kappa shape index (κ3) is 3.59. The van der Waals surface area contributed by atoms with Crippen LogP contribution in [0.2, 0.25) is 0 Å². The average Bonchev–Trinajstić information content (AvgIpc) is 2.36. The van der Waals surface area contributed by atoms with Gasteiger partial charge in [-0.05, 0) is 33.6 Å². The lowest BCUT2D eigenvalue weighted by Gasteiger charge is -2.24. The summed E-state index contributed by atoms with van der Waals surface area (Å²) in [4.78, 5) is 11.4. The fourth-order valence-electron chi connectivity index (χ4n) is 2.02. The minimum absolute atomic E-state index is 0.837. The second kappa shape index (κ2) is 7.19. The van der Waals surface area contributed by atoms with Crippen LogP contribution in [0.5, 0.6) is 0 Å². The molecule has 1 heterocycles. The SMILES string of the molecule is CCCNc1nc(C)nc(N(CC)CCC)c1C. The number of nitrogens with zero attached hydrogens (tertiary/aromatic N) is 3. The second-order valence-electron chi connectivity index (χ2n) is 4.57. The van der Waals surface area contributed by atoms with E-state index in [9.17, 15) is 0 Å². The predicted molar refractivity (Wildman–Crippen MR) is 78.5 cm³/mol. The Morgan fingerprint density at radius 1 is 1.06 bits per heavy atom. The number of rotatable bonds is 7. The van der Waals surface area contributed by atoms with E-state index in [2.05, 4.69) is 47.9 Å². The van der Waals surface area contributed by atoms with Gasteiger partial charge in [0.05, 0.1) is 0 Å². The highest BCUT2D eigenvalue weighted by Crippen LogP contribution is 2.23.